The van der Waals surface area contributed by atoms with Crippen molar-refractivity contribution in [3.8, 4) is 5.75 Å². The molecule has 0 heterocycles. The van der Waals surface area contributed by atoms with E-state index in [2.05, 4.69) is 21.0 Å². The minimum absolute atomic E-state index is 0.0818. The Kier molecular flexibility index (Phi) is 7.41. The van der Waals surface area contributed by atoms with Gasteiger partial charge >= 0.3 is 18.1 Å². The van der Waals surface area contributed by atoms with E-state index in [4.69, 9.17) is 4.74 Å². The van der Waals surface area contributed by atoms with Crippen LogP contribution in [0, 0.1) is 3.57 Å². The average Bonchev–Trinajstić information content (AvgIpc) is 2.60. The molecule has 0 bridgehead atoms. The number of rotatable bonds is 7. The van der Waals surface area contributed by atoms with E-state index in [0.29, 0.717) is 19.7 Å². The molecule has 2 rings (SSSR count). The van der Waals surface area contributed by atoms with Crippen molar-refractivity contribution in [3.05, 3.63) is 61.6 Å². The summed E-state index contributed by atoms with van der Waals surface area (Å²) in [5.41, 5.74) is 1.46. The van der Waals surface area contributed by atoms with E-state index in [0.717, 1.165) is 5.56 Å². The smallest absolute Gasteiger partial charge is 0.462 e. The first kappa shape index (κ1) is 23.7. The van der Waals surface area contributed by atoms with Gasteiger partial charge in [0, 0.05) is 10.0 Å². The van der Waals surface area contributed by atoms with Crippen LogP contribution in [-0.2, 0) is 6.61 Å². The Morgan fingerprint density at radius 1 is 1.03 bits per heavy atom. The van der Waals surface area contributed by atoms with Gasteiger partial charge in [-0.05, 0) is 40.3 Å². The van der Waals surface area contributed by atoms with Crippen LogP contribution in [0.3, 0.4) is 0 Å². The summed E-state index contributed by atoms with van der Waals surface area (Å²) in [6.07, 6.45) is -5.78. The van der Waals surface area contributed by atoms with Crippen molar-refractivity contribution < 1.29 is 35.5 Å². The Bertz CT molecular complexity index is 876. The molecule has 0 atom stereocenters. The van der Waals surface area contributed by atoms with Crippen molar-refractivity contribution in [2.24, 2.45) is 5.10 Å². The molecule has 0 saturated heterocycles. The maximum Gasteiger partial charge on any atom is 0.462 e. The highest BCUT2D eigenvalue weighted by molar-refractivity contribution is 14.1. The minimum Gasteiger partial charge on any atom is -0.487 e. The molecule has 3 nitrogen and oxygen atoms in total. The predicted octanol–water partition coefficient (Wildman–Crippen LogP) is 6.35. The van der Waals surface area contributed by atoms with Gasteiger partial charge in [0.15, 0.2) is 0 Å². The number of halogens is 9. The number of nitrogens with one attached hydrogen (secondary N) is 1. The highest BCUT2D eigenvalue weighted by Gasteiger charge is 2.73. The largest absolute Gasteiger partial charge is 0.487 e. The molecule has 29 heavy (non-hydrogen) atoms. The molecule has 0 fully saturated rings. The van der Waals surface area contributed by atoms with E-state index < -0.39 is 18.1 Å². The summed E-state index contributed by atoms with van der Waals surface area (Å²) >= 11 is 5.06. The van der Waals surface area contributed by atoms with Crippen LogP contribution in [0.5, 0.6) is 5.75 Å². The Morgan fingerprint density at radius 3 is 2.24 bits per heavy atom. The van der Waals surface area contributed by atoms with Crippen LogP contribution in [-0.4, -0.2) is 24.4 Å². The van der Waals surface area contributed by atoms with Crippen molar-refractivity contribution in [3.63, 3.8) is 0 Å². The summed E-state index contributed by atoms with van der Waals surface area (Å²) in [6.45, 7) is 0.106. The van der Waals surface area contributed by atoms with Crippen LogP contribution in [0.15, 0.2) is 52.0 Å². The molecule has 0 saturated carbocycles. The fraction of sp³-hybridized carbons (Fsp3) is 0.235. The van der Waals surface area contributed by atoms with Crippen LogP contribution < -0.4 is 10.2 Å². The van der Waals surface area contributed by atoms with Crippen LogP contribution in [0.25, 0.3) is 0 Å². The minimum atomic E-state index is -6.45. The molecule has 0 aromatic heterocycles. The van der Waals surface area contributed by atoms with Gasteiger partial charge in [-0.3, -0.25) is 0 Å². The molecule has 158 valence electrons. The first-order valence-electron chi connectivity index (χ1n) is 7.63. The molecule has 12 heteroatoms. The molecular formula is C17H11BrF7IN2O. The first-order valence-corrected chi connectivity index (χ1v) is 9.50. The molecule has 0 amide bonds. The lowest BCUT2D eigenvalue weighted by Gasteiger charge is -2.27. The number of hydrogen-bond acceptors (Lipinski definition) is 3. The van der Waals surface area contributed by atoms with Gasteiger partial charge in [0.2, 0.25) is 0 Å². The van der Waals surface area contributed by atoms with Gasteiger partial charge in [-0.1, -0.05) is 46.3 Å². The van der Waals surface area contributed by atoms with Crippen LogP contribution >= 0.6 is 38.5 Å². The quantitative estimate of drug-likeness (QED) is 0.133. The molecule has 0 radical (unpaired) electrons. The third-order valence-corrected chi connectivity index (χ3v) is 4.68. The fourth-order valence-corrected chi connectivity index (χ4v) is 3.70. The second kappa shape index (κ2) is 9.06. The molecule has 1 N–H and O–H groups in total. The van der Waals surface area contributed by atoms with Crippen molar-refractivity contribution in [2.75, 3.05) is 0 Å². The summed E-state index contributed by atoms with van der Waals surface area (Å²) in [5.74, 6) is -6.12. The number of alkyl halides is 7. The Morgan fingerprint density at radius 2 is 1.66 bits per heavy atom. The fourth-order valence-electron chi connectivity index (χ4n) is 1.99. The average molecular weight is 599 g/mol. The Balaban J connectivity index is 2.23. The topological polar surface area (TPSA) is 33.6 Å². The molecule has 0 aliphatic heterocycles. The molecular weight excluding hydrogens is 588 g/mol. The molecule has 0 spiro atoms. The highest BCUT2D eigenvalue weighted by Crippen LogP contribution is 2.45. The van der Waals surface area contributed by atoms with Gasteiger partial charge in [0.05, 0.1) is 9.78 Å². The molecule has 0 aliphatic carbocycles. The van der Waals surface area contributed by atoms with Gasteiger partial charge in [-0.15, -0.1) is 0 Å². The van der Waals surface area contributed by atoms with Gasteiger partial charge in [0.1, 0.15) is 12.4 Å². The lowest BCUT2D eigenvalue weighted by molar-refractivity contribution is -0.361. The maximum atomic E-state index is 13.3. The maximum absolute atomic E-state index is 13.3. The van der Waals surface area contributed by atoms with Crippen molar-refractivity contribution in [1.82, 2.24) is 5.43 Å². The zero-order valence-electron chi connectivity index (χ0n) is 14.1. The van der Waals surface area contributed by atoms with Gasteiger partial charge < -0.3 is 4.74 Å². The Labute approximate surface area is 182 Å². The van der Waals surface area contributed by atoms with E-state index >= 15 is 0 Å². The molecule has 0 aliphatic rings. The van der Waals surface area contributed by atoms with E-state index in [1.165, 1.54) is 6.07 Å². The third-order valence-electron chi connectivity index (χ3n) is 3.42. The van der Waals surface area contributed by atoms with Gasteiger partial charge in [0.25, 0.3) is 0 Å². The zero-order valence-corrected chi connectivity index (χ0v) is 17.8. The molecule has 2 aromatic carbocycles. The van der Waals surface area contributed by atoms with Crippen LogP contribution in [0.2, 0.25) is 0 Å². The SMILES string of the molecule is FC(F)(F)C(F)(F)C(F)(F)N/N=C\c1cc(Br)cc(I)c1OCc1ccccc1. The van der Waals surface area contributed by atoms with Gasteiger partial charge in [-0.2, -0.15) is 35.8 Å². The van der Waals surface area contributed by atoms with E-state index in [1.807, 2.05) is 22.6 Å². The van der Waals surface area contributed by atoms with Crippen molar-refractivity contribution in [2.45, 2.75) is 24.8 Å². The third kappa shape index (κ3) is 5.74. The highest BCUT2D eigenvalue weighted by atomic mass is 127. The number of hydrogen-bond donors (Lipinski definition) is 1. The normalized spacial score (nSPS) is 13.0. The molecule has 2 aromatic rings. The van der Waals surface area contributed by atoms with Crippen molar-refractivity contribution >= 4 is 44.7 Å². The van der Waals surface area contributed by atoms with Crippen LogP contribution in [0.4, 0.5) is 30.7 Å². The van der Waals surface area contributed by atoms with E-state index in [1.54, 1.807) is 36.4 Å². The zero-order chi connectivity index (χ0) is 21.9. The second-order valence-electron chi connectivity index (χ2n) is 5.60. The number of nitrogens with zero attached hydrogens (tertiary/aromatic N) is 1. The first-order chi connectivity index (χ1) is 13.3. The van der Waals surface area contributed by atoms with E-state index in [-0.39, 0.29) is 17.9 Å². The van der Waals surface area contributed by atoms with Crippen molar-refractivity contribution in [1.29, 1.82) is 0 Å². The second-order valence-corrected chi connectivity index (χ2v) is 7.67. The van der Waals surface area contributed by atoms with Gasteiger partial charge in [-0.25, -0.2) is 5.43 Å². The van der Waals surface area contributed by atoms with Crippen LogP contribution in [0.1, 0.15) is 11.1 Å². The van der Waals surface area contributed by atoms with E-state index in [9.17, 15) is 30.7 Å². The molecule has 0 unspecified atom stereocenters. The number of benzene rings is 2. The lowest BCUT2D eigenvalue weighted by Crippen LogP contribution is -2.58. The summed E-state index contributed by atoms with van der Waals surface area (Å²) in [4.78, 5) is 0. The Hall–Kier alpha value is -1.57. The number of hydrazone groups is 1. The summed E-state index contributed by atoms with van der Waals surface area (Å²) in [7, 11) is 0. The lowest BCUT2D eigenvalue weighted by atomic mass is 10.2. The summed E-state index contributed by atoms with van der Waals surface area (Å²) in [5, 5.41) is 2.88. The predicted molar refractivity (Wildman–Crippen MR) is 104 cm³/mol. The summed E-state index contributed by atoms with van der Waals surface area (Å²) < 4.78 is 95.5. The standard InChI is InChI=1S/C17H11BrF7IN2O/c18-12-6-11(8-27-28-17(24,25)15(19,20)16(21,22)23)14(13(26)7-12)29-9-10-4-2-1-3-5-10/h1-8,28H,9H2/b27-8-. The summed E-state index contributed by atoms with van der Waals surface area (Å²) in [6, 6.07) is 6.29. The number of ether oxygens (including phenoxy) is 1. The monoisotopic (exact) mass is 598 g/mol.